The zero-order chi connectivity index (χ0) is 12.8. The molecular formula is C10H14N6O2. The van der Waals surface area contributed by atoms with Gasteiger partial charge in [-0.05, 0) is 6.92 Å². The molecule has 18 heavy (non-hydrogen) atoms. The third-order valence-corrected chi connectivity index (χ3v) is 2.02. The van der Waals surface area contributed by atoms with Crippen molar-refractivity contribution in [2.45, 2.75) is 6.92 Å². The lowest BCUT2D eigenvalue weighted by atomic mass is 10.7. The van der Waals surface area contributed by atoms with E-state index in [9.17, 15) is 0 Å². The van der Waals surface area contributed by atoms with Crippen LogP contribution in [0, 0.1) is 0 Å². The Morgan fingerprint density at radius 2 is 2.17 bits per heavy atom. The van der Waals surface area contributed by atoms with Crippen LogP contribution in [-0.2, 0) is 4.74 Å². The van der Waals surface area contributed by atoms with E-state index in [0.29, 0.717) is 25.8 Å². The molecule has 2 aromatic rings. The summed E-state index contributed by atoms with van der Waals surface area (Å²) < 4.78 is 12.1. The number of anilines is 1. The number of nitrogens with zero attached hydrogens (tertiary/aromatic N) is 5. The van der Waals surface area contributed by atoms with Crippen molar-refractivity contribution in [1.82, 2.24) is 24.5 Å². The average molecular weight is 250 g/mol. The number of ether oxygens (including phenoxy) is 2. The molecule has 0 radical (unpaired) electrons. The van der Waals surface area contributed by atoms with Crippen molar-refractivity contribution in [3.63, 3.8) is 0 Å². The summed E-state index contributed by atoms with van der Waals surface area (Å²) in [6.45, 7) is 3.39. The van der Waals surface area contributed by atoms with Gasteiger partial charge in [0, 0.05) is 19.0 Å². The number of rotatable bonds is 6. The minimum Gasteiger partial charge on any atom is -0.461 e. The van der Waals surface area contributed by atoms with Crippen LogP contribution in [0.15, 0.2) is 18.7 Å². The van der Waals surface area contributed by atoms with Gasteiger partial charge in [-0.3, -0.25) is 4.57 Å². The molecule has 0 aliphatic carbocycles. The lowest BCUT2D eigenvalue weighted by Gasteiger charge is -2.06. The predicted molar refractivity (Wildman–Crippen MR) is 63.3 cm³/mol. The van der Waals surface area contributed by atoms with Gasteiger partial charge in [0.2, 0.25) is 11.9 Å². The van der Waals surface area contributed by atoms with E-state index in [4.69, 9.17) is 15.2 Å². The summed E-state index contributed by atoms with van der Waals surface area (Å²) in [5.74, 6) is 0.464. The second kappa shape index (κ2) is 5.92. The molecule has 96 valence electrons. The fourth-order valence-corrected chi connectivity index (χ4v) is 1.25. The second-order valence-corrected chi connectivity index (χ2v) is 3.29. The molecule has 0 aromatic carbocycles. The molecule has 2 heterocycles. The van der Waals surface area contributed by atoms with E-state index in [0.717, 1.165) is 0 Å². The number of aromatic nitrogens is 5. The molecule has 2 rings (SSSR count). The summed E-state index contributed by atoms with van der Waals surface area (Å²) >= 11 is 0. The molecule has 2 aromatic heterocycles. The van der Waals surface area contributed by atoms with Crippen molar-refractivity contribution in [2.75, 3.05) is 25.6 Å². The molecule has 0 atom stereocenters. The average Bonchev–Trinajstić information content (AvgIpc) is 2.88. The van der Waals surface area contributed by atoms with Crippen molar-refractivity contribution in [2.24, 2.45) is 0 Å². The van der Waals surface area contributed by atoms with Gasteiger partial charge < -0.3 is 15.2 Å². The van der Waals surface area contributed by atoms with Crippen LogP contribution in [0.2, 0.25) is 0 Å². The first-order chi connectivity index (χ1) is 8.79. The number of hydrogen-bond donors (Lipinski definition) is 1. The Morgan fingerprint density at radius 3 is 2.89 bits per heavy atom. The number of hydrogen-bond acceptors (Lipinski definition) is 7. The molecule has 0 saturated heterocycles. The summed E-state index contributed by atoms with van der Waals surface area (Å²) in [5.41, 5.74) is 5.59. The topological polar surface area (TPSA) is 101 Å². The zero-order valence-electron chi connectivity index (χ0n) is 9.98. The van der Waals surface area contributed by atoms with Gasteiger partial charge >= 0.3 is 6.01 Å². The van der Waals surface area contributed by atoms with E-state index in [1.54, 1.807) is 23.3 Å². The third kappa shape index (κ3) is 3.14. The van der Waals surface area contributed by atoms with E-state index in [2.05, 4.69) is 19.9 Å². The SMILES string of the molecule is CCOCCOc1nc(N)nc(-n2ccnc2)n1. The van der Waals surface area contributed by atoms with Crippen LogP contribution in [0.3, 0.4) is 0 Å². The van der Waals surface area contributed by atoms with Gasteiger partial charge in [0.25, 0.3) is 0 Å². The van der Waals surface area contributed by atoms with Crippen LogP contribution in [0.1, 0.15) is 6.92 Å². The quantitative estimate of drug-likeness (QED) is 0.723. The second-order valence-electron chi connectivity index (χ2n) is 3.29. The summed E-state index contributed by atoms with van der Waals surface area (Å²) in [7, 11) is 0. The lowest BCUT2D eigenvalue weighted by Crippen LogP contribution is -2.11. The van der Waals surface area contributed by atoms with Gasteiger partial charge in [-0.25, -0.2) is 4.98 Å². The maximum Gasteiger partial charge on any atom is 0.323 e. The minimum atomic E-state index is 0.0973. The lowest BCUT2D eigenvalue weighted by molar-refractivity contribution is 0.106. The van der Waals surface area contributed by atoms with Gasteiger partial charge in [-0.15, -0.1) is 0 Å². The van der Waals surface area contributed by atoms with Gasteiger partial charge in [-0.1, -0.05) is 0 Å². The summed E-state index contributed by atoms with van der Waals surface area (Å²) in [5, 5.41) is 0. The van der Waals surface area contributed by atoms with Crippen LogP contribution in [0.5, 0.6) is 6.01 Å². The molecule has 8 nitrogen and oxygen atoms in total. The van der Waals surface area contributed by atoms with E-state index in [1.807, 2.05) is 6.92 Å². The molecule has 0 bridgehead atoms. The molecule has 0 saturated carbocycles. The maximum atomic E-state index is 5.59. The number of nitrogens with two attached hydrogens (primary N) is 1. The van der Waals surface area contributed by atoms with Crippen LogP contribution in [-0.4, -0.2) is 44.3 Å². The van der Waals surface area contributed by atoms with E-state index in [-0.39, 0.29) is 12.0 Å². The normalized spacial score (nSPS) is 10.5. The number of nitrogen functional groups attached to an aromatic ring is 1. The zero-order valence-corrected chi connectivity index (χ0v) is 9.98. The van der Waals surface area contributed by atoms with Gasteiger partial charge in [-0.2, -0.15) is 15.0 Å². The van der Waals surface area contributed by atoms with Crippen LogP contribution in [0.4, 0.5) is 5.95 Å². The van der Waals surface area contributed by atoms with E-state index < -0.39 is 0 Å². The fraction of sp³-hybridized carbons (Fsp3) is 0.400. The van der Waals surface area contributed by atoms with E-state index in [1.165, 1.54) is 0 Å². The highest BCUT2D eigenvalue weighted by Gasteiger charge is 2.06. The highest BCUT2D eigenvalue weighted by molar-refractivity contribution is 5.24. The fourth-order valence-electron chi connectivity index (χ4n) is 1.25. The molecule has 0 spiro atoms. The standard InChI is InChI=1S/C10H14N6O2/c1-2-17-5-6-18-10-14-8(11)13-9(15-10)16-4-3-12-7-16/h3-4,7H,2,5-6H2,1H3,(H2,11,13,14,15). The van der Waals surface area contributed by atoms with Crippen molar-refractivity contribution >= 4 is 5.95 Å². The van der Waals surface area contributed by atoms with Crippen molar-refractivity contribution in [1.29, 1.82) is 0 Å². The smallest absolute Gasteiger partial charge is 0.323 e. The Bertz CT molecular complexity index is 487. The van der Waals surface area contributed by atoms with Crippen molar-refractivity contribution < 1.29 is 9.47 Å². The van der Waals surface area contributed by atoms with Crippen molar-refractivity contribution in [3.05, 3.63) is 18.7 Å². The first-order valence-electron chi connectivity index (χ1n) is 5.50. The minimum absolute atomic E-state index is 0.0973. The van der Waals surface area contributed by atoms with Crippen LogP contribution < -0.4 is 10.5 Å². The Balaban J connectivity index is 2.07. The van der Waals surface area contributed by atoms with E-state index >= 15 is 0 Å². The Labute approximate surface area is 104 Å². The number of imidazole rings is 1. The summed E-state index contributed by atoms with van der Waals surface area (Å²) in [6, 6.07) is 0.172. The third-order valence-electron chi connectivity index (χ3n) is 2.02. The summed E-state index contributed by atoms with van der Waals surface area (Å²) in [4.78, 5) is 15.9. The van der Waals surface area contributed by atoms with Gasteiger partial charge in [0.15, 0.2) is 0 Å². The van der Waals surface area contributed by atoms with Crippen molar-refractivity contribution in [3.8, 4) is 12.0 Å². The highest BCUT2D eigenvalue weighted by atomic mass is 16.5. The van der Waals surface area contributed by atoms with Crippen LogP contribution >= 0.6 is 0 Å². The molecular weight excluding hydrogens is 236 g/mol. The van der Waals surface area contributed by atoms with Gasteiger partial charge in [0.1, 0.15) is 12.9 Å². The molecule has 8 heteroatoms. The maximum absolute atomic E-state index is 5.59. The monoisotopic (exact) mass is 250 g/mol. The largest absolute Gasteiger partial charge is 0.461 e. The van der Waals surface area contributed by atoms with Gasteiger partial charge in [0.05, 0.1) is 6.61 Å². The summed E-state index contributed by atoms with van der Waals surface area (Å²) in [6.07, 6.45) is 4.90. The molecule has 2 N–H and O–H groups in total. The first-order valence-corrected chi connectivity index (χ1v) is 5.50. The Hall–Kier alpha value is -2.22. The molecule has 0 amide bonds. The molecule has 0 fully saturated rings. The predicted octanol–water partition coefficient (Wildman–Crippen LogP) is 0.0548. The Kier molecular flexibility index (Phi) is 4.02. The molecule has 0 unspecified atom stereocenters. The van der Waals surface area contributed by atoms with Crippen LogP contribution in [0.25, 0.3) is 5.95 Å². The molecule has 0 aliphatic rings. The highest BCUT2D eigenvalue weighted by Crippen LogP contribution is 2.08. The molecule has 0 aliphatic heterocycles. The first kappa shape index (κ1) is 12.2. The Morgan fingerprint density at radius 1 is 1.28 bits per heavy atom.